The molecule has 0 spiro atoms. The normalized spacial score (nSPS) is 15.8. The van der Waals surface area contributed by atoms with Gasteiger partial charge in [-0.05, 0) is 24.1 Å². The molecule has 7 nitrogen and oxygen atoms in total. The molecule has 0 saturated heterocycles. The third-order valence-corrected chi connectivity index (χ3v) is 5.69. The molecule has 1 aromatic carbocycles. The quantitative estimate of drug-likeness (QED) is 0.574. The maximum absolute atomic E-state index is 13.8. The molecular weight excluding hydrogens is 376 g/mol. The summed E-state index contributed by atoms with van der Waals surface area (Å²) in [7, 11) is 1.89. The number of carbonyl (C=O) groups excluding carboxylic acids is 1. The number of aromatic nitrogens is 5. The van der Waals surface area contributed by atoms with Gasteiger partial charge in [0.2, 0.25) is 0 Å². The summed E-state index contributed by atoms with van der Waals surface area (Å²) in [5, 5.41) is 4.31. The summed E-state index contributed by atoms with van der Waals surface area (Å²) in [6.07, 6.45) is 7.30. The number of aromatic amines is 1. The molecular formula is C23H22N6O. The lowest BCUT2D eigenvalue weighted by Crippen LogP contribution is -2.39. The van der Waals surface area contributed by atoms with E-state index >= 15 is 0 Å². The van der Waals surface area contributed by atoms with Gasteiger partial charge in [-0.3, -0.25) is 14.5 Å². The Morgan fingerprint density at radius 2 is 2.00 bits per heavy atom. The molecule has 5 rings (SSSR count). The van der Waals surface area contributed by atoms with Crippen molar-refractivity contribution < 1.29 is 4.79 Å². The van der Waals surface area contributed by atoms with Crippen LogP contribution in [0.3, 0.4) is 0 Å². The average Bonchev–Trinajstić information content (AvgIpc) is 3.42. The van der Waals surface area contributed by atoms with Crippen molar-refractivity contribution in [3.8, 4) is 11.1 Å². The number of imidazole rings is 1. The van der Waals surface area contributed by atoms with Crippen LogP contribution in [0.2, 0.25) is 0 Å². The number of H-pyrrole nitrogens is 1. The van der Waals surface area contributed by atoms with Crippen molar-refractivity contribution in [2.45, 2.75) is 19.4 Å². The van der Waals surface area contributed by atoms with Crippen LogP contribution in [0.25, 0.3) is 11.1 Å². The zero-order valence-electron chi connectivity index (χ0n) is 16.9. The van der Waals surface area contributed by atoms with E-state index in [0.717, 1.165) is 33.8 Å². The van der Waals surface area contributed by atoms with Crippen LogP contribution >= 0.6 is 0 Å². The summed E-state index contributed by atoms with van der Waals surface area (Å²) in [6, 6.07) is 11.9. The Hall–Kier alpha value is -3.74. The van der Waals surface area contributed by atoms with Crippen LogP contribution in [-0.2, 0) is 13.6 Å². The number of pyridine rings is 1. The molecule has 0 bridgehead atoms. The molecule has 1 amide bonds. The molecule has 0 fully saturated rings. The van der Waals surface area contributed by atoms with Gasteiger partial charge in [-0.2, -0.15) is 5.10 Å². The first-order chi connectivity index (χ1) is 14.6. The summed E-state index contributed by atoms with van der Waals surface area (Å²) < 4.78 is 1.78. The Morgan fingerprint density at radius 1 is 1.17 bits per heavy atom. The Kier molecular flexibility index (Phi) is 4.43. The van der Waals surface area contributed by atoms with Crippen molar-refractivity contribution in [3.05, 3.63) is 89.5 Å². The summed E-state index contributed by atoms with van der Waals surface area (Å²) in [5.74, 6) is -0.0385. The molecule has 30 heavy (non-hydrogen) atoms. The summed E-state index contributed by atoms with van der Waals surface area (Å²) in [6.45, 7) is 2.93. The van der Waals surface area contributed by atoms with E-state index in [1.165, 1.54) is 0 Å². The smallest absolute Gasteiger partial charge is 0.256 e. The van der Waals surface area contributed by atoms with Gasteiger partial charge in [-0.15, -0.1) is 0 Å². The number of fused-ring (bicyclic) bond motifs is 1. The first-order valence-corrected chi connectivity index (χ1v) is 9.93. The predicted molar refractivity (Wildman–Crippen MR) is 113 cm³/mol. The van der Waals surface area contributed by atoms with E-state index in [-0.39, 0.29) is 11.8 Å². The molecule has 1 N–H and O–H groups in total. The Bertz CT molecular complexity index is 1210. The molecule has 150 valence electrons. The molecule has 1 aliphatic heterocycles. The third kappa shape index (κ3) is 3.08. The van der Waals surface area contributed by atoms with Crippen LogP contribution in [0.5, 0.6) is 0 Å². The molecule has 1 unspecified atom stereocenters. The van der Waals surface area contributed by atoms with E-state index in [1.807, 2.05) is 67.7 Å². The zero-order valence-corrected chi connectivity index (χ0v) is 16.9. The van der Waals surface area contributed by atoms with E-state index in [0.29, 0.717) is 18.7 Å². The fourth-order valence-corrected chi connectivity index (χ4v) is 4.21. The number of nitrogens with one attached hydrogen (secondary N) is 1. The Balaban J connectivity index is 1.55. The van der Waals surface area contributed by atoms with Gasteiger partial charge in [-0.1, -0.05) is 30.3 Å². The van der Waals surface area contributed by atoms with Gasteiger partial charge in [0.05, 0.1) is 41.7 Å². The fraction of sp³-hybridized carbons (Fsp3) is 0.217. The number of hydrogen-bond donors (Lipinski definition) is 1. The molecule has 1 atom stereocenters. The van der Waals surface area contributed by atoms with Crippen molar-refractivity contribution >= 4 is 5.91 Å². The third-order valence-electron chi connectivity index (χ3n) is 5.69. The van der Waals surface area contributed by atoms with Gasteiger partial charge in [0, 0.05) is 37.5 Å². The minimum Gasteiger partial charge on any atom is -0.347 e. The highest BCUT2D eigenvalue weighted by Gasteiger charge is 2.33. The van der Waals surface area contributed by atoms with Gasteiger partial charge < -0.3 is 9.88 Å². The molecule has 0 radical (unpaired) electrons. The van der Waals surface area contributed by atoms with Crippen molar-refractivity contribution in [2.24, 2.45) is 7.05 Å². The maximum atomic E-state index is 13.8. The van der Waals surface area contributed by atoms with E-state index in [4.69, 9.17) is 0 Å². The number of aryl methyl sites for hydroxylation is 2. The Morgan fingerprint density at radius 3 is 2.77 bits per heavy atom. The molecule has 4 aromatic rings. The van der Waals surface area contributed by atoms with Crippen molar-refractivity contribution in [1.82, 2.24) is 29.6 Å². The van der Waals surface area contributed by atoms with E-state index in [9.17, 15) is 4.79 Å². The lowest BCUT2D eigenvalue weighted by atomic mass is 9.91. The second-order valence-electron chi connectivity index (χ2n) is 7.64. The van der Waals surface area contributed by atoms with Gasteiger partial charge >= 0.3 is 0 Å². The molecule has 0 saturated carbocycles. The van der Waals surface area contributed by atoms with Crippen LogP contribution in [0.15, 0.2) is 61.3 Å². The van der Waals surface area contributed by atoms with Crippen LogP contribution < -0.4 is 0 Å². The van der Waals surface area contributed by atoms with Crippen molar-refractivity contribution in [1.29, 1.82) is 0 Å². The van der Waals surface area contributed by atoms with Crippen LogP contribution in [-0.4, -0.2) is 42.1 Å². The topological polar surface area (TPSA) is 79.7 Å². The number of carbonyl (C=O) groups is 1. The molecule has 3 aromatic heterocycles. The van der Waals surface area contributed by atoms with Gasteiger partial charge in [-0.25, -0.2) is 4.98 Å². The second-order valence-corrected chi connectivity index (χ2v) is 7.64. The zero-order chi connectivity index (χ0) is 20.7. The second kappa shape index (κ2) is 7.26. The first kappa shape index (κ1) is 18.3. The van der Waals surface area contributed by atoms with E-state index < -0.39 is 0 Å². The number of hydrogen-bond acceptors (Lipinski definition) is 4. The lowest BCUT2D eigenvalue weighted by Gasteiger charge is -2.32. The lowest BCUT2D eigenvalue weighted by molar-refractivity contribution is 0.0721. The molecule has 7 heteroatoms. The van der Waals surface area contributed by atoms with Crippen molar-refractivity contribution in [3.63, 3.8) is 0 Å². The van der Waals surface area contributed by atoms with Gasteiger partial charge in [0.25, 0.3) is 5.91 Å². The van der Waals surface area contributed by atoms with Gasteiger partial charge in [0.1, 0.15) is 0 Å². The van der Waals surface area contributed by atoms with Crippen LogP contribution in [0.1, 0.15) is 38.9 Å². The molecule has 1 aliphatic rings. The summed E-state index contributed by atoms with van der Waals surface area (Å²) in [4.78, 5) is 27.8. The van der Waals surface area contributed by atoms with Crippen LogP contribution in [0.4, 0.5) is 0 Å². The number of nitrogens with zero attached hydrogens (tertiary/aromatic N) is 5. The number of benzene rings is 1. The molecule has 4 heterocycles. The number of rotatable bonds is 3. The SMILES string of the molecule is Cc1nccc(-c2ccccc2)c1C(=O)N1Cc2[nH]cnc2C(c2cnn(C)c2)C1. The maximum Gasteiger partial charge on any atom is 0.256 e. The van der Waals surface area contributed by atoms with Crippen molar-refractivity contribution in [2.75, 3.05) is 6.54 Å². The minimum atomic E-state index is -0.0198. The fourth-order valence-electron chi connectivity index (χ4n) is 4.21. The highest BCUT2D eigenvalue weighted by Crippen LogP contribution is 2.33. The van der Waals surface area contributed by atoms with Crippen LogP contribution in [0, 0.1) is 6.92 Å². The Labute approximate surface area is 174 Å². The van der Waals surface area contributed by atoms with E-state index in [2.05, 4.69) is 20.1 Å². The average molecular weight is 398 g/mol. The summed E-state index contributed by atoms with van der Waals surface area (Å²) in [5.41, 5.74) is 6.29. The number of amides is 1. The first-order valence-electron chi connectivity index (χ1n) is 9.93. The molecule has 0 aliphatic carbocycles. The highest BCUT2D eigenvalue weighted by atomic mass is 16.2. The van der Waals surface area contributed by atoms with E-state index in [1.54, 1.807) is 17.2 Å². The standard InChI is InChI=1S/C23H22N6O/c1-15-21(18(8-9-24-15)16-6-4-3-5-7-16)23(30)29-12-19(17-10-27-28(2)11-17)22-20(13-29)25-14-26-22/h3-11,14,19H,12-13H2,1-2H3,(H,25,26). The van der Waals surface area contributed by atoms with Gasteiger partial charge in [0.15, 0.2) is 0 Å². The highest BCUT2D eigenvalue weighted by molar-refractivity contribution is 6.02. The monoisotopic (exact) mass is 398 g/mol. The predicted octanol–water partition coefficient (Wildman–Crippen LogP) is 3.30. The summed E-state index contributed by atoms with van der Waals surface area (Å²) >= 11 is 0. The minimum absolute atomic E-state index is 0.0187. The largest absolute Gasteiger partial charge is 0.347 e.